The Kier molecular flexibility index (Phi) is 6.57. The number of rotatable bonds is 7. The molecule has 0 saturated heterocycles. The van der Waals surface area contributed by atoms with Crippen LogP contribution in [0.1, 0.15) is 20.0 Å². The number of carbonyl (C=O) groups excluding carboxylic acids is 2. The molecule has 0 spiro atoms. The number of H-pyrrole nitrogens is 1. The van der Waals surface area contributed by atoms with Gasteiger partial charge in [-0.25, -0.2) is 0 Å². The van der Waals surface area contributed by atoms with Crippen LogP contribution in [-0.4, -0.2) is 41.2 Å². The fourth-order valence-corrected chi connectivity index (χ4v) is 3.74. The second-order valence-corrected chi connectivity index (χ2v) is 8.01. The van der Waals surface area contributed by atoms with Crippen molar-refractivity contribution in [3.05, 3.63) is 69.4 Å². The predicted octanol–water partition coefficient (Wildman–Crippen LogP) is 4.71. The minimum Gasteiger partial charge on any atom is -0.497 e. The van der Waals surface area contributed by atoms with Gasteiger partial charge < -0.3 is 14.8 Å². The summed E-state index contributed by atoms with van der Waals surface area (Å²) in [4.78, 5) is 29.9. The highest BCUT2D eigenvalue weighted by atomic mass is 35.5. The molecule has 168 valence electrons. The molecule has 0 fully saturated rings. The molecule has 2 aromatic heterocycles. The van der Waals surface area contributed by atoms with Crippen LogP contribution in [0, 0.1) is 0 Å². The van der Waals surface area contributed by atoms with Crippen molar-refractivity contribution in [3.63, 3.8) is 0 Å². The van der Waals surface area contributed by atoms with Crippen LogP contribution in [0.4, 0.5) is 11.6 Å². The number of carbonyl (C=O) groups is 2. The van der Waals surface area contributed by atoms with E-state index in [9.17, 15) is 9.59 Å². The Bertz CT molecular complexity index is 1310. The van der Waals surface area contributed by atoms with Gasteiger partial charge in [-0.15, -0.1) is 16.4 Å². The Morgan fingerprint density at radius 2 is 1.88 bits per heavy atom. The standard InChI is InChI=1S/C22H18ClN5O4S/c1-31-13-6-7-14(17(11-13)32-2)19-25-22(28-27-19)26-20(29)12-5-8-15(23)16(10-12)24-21(30)18-4-3-9-33-18/h3-11H,1-2H3,(H,24,30)(H2,25,26,27,28,29). The smallest absolute Gasteiger partial charge is 0.265 e. The maximum absolute atomic E-state index is 12.7. The molecule has 0 aliphatic heterocycles. The Labute approximate surface area is 197 Å². The van der Waals surface area contributed by atoms with Gasteiger partial charge in [0.05, 0.1) is 35.4 Å². The van der Waals surface area contributed by atoms with E-state index >= 15 is 0 Å². The molecule has 33 heavy (non-hydrogen) atoms. The number of benzene rings is 2. The molecule has 0 saturated carbocycles. The summed E-state index contributed by atoms with van der Waals surface area (Å²) in [6, 6.07) is 13.3. The number of hydrogen-bond donors (Lipinski definition) is 3. The van der Waals surface area contributed by atoms with E-state index in [-0.39, 0.29) is 17.4 Å². The number of anilines is 2. The highest BCUT2D eigenvalue weighted by molar-refractivity contribution is 7.12. The number of thiophene rings is 1. The number of nitrogens with one attached hydrogen (secondary N) is 3. The number of ether oxygens (including phenoxy) is 2. The molecule has 0 unspecified atom stereocenters. The number of halogens is 1. The SMILES string of the molecule is COc1ccc(-c2nc(NC(=O)c3ccc(Cl)c(NC(=O)c4cccs4)c3)n[nH]2)c(OC)c1. The summed E-state index contributed by atoms with van der Waals surface area (Å²) >= 11 is 7.50. The summed E-state index contributed by atoms with van der Waals surface area (Å²) in [7, 11) is 3.10. The molecule has 2 aromatic carbocycles. The van der Waals surface area contributed by atoms with Gasteiger partial charge in [-0.2, -0.15) is 4.98 Å². The fourth-order valence-electron chi connectivity index (χ4n) is 2.96. The predicted molar refractivity (Wildman–Crippen MR) is 127 cm³/mol. The van der Waals surface area contributed by atoms with Crippen LogP contribution < -0.4 is 20.1 Å². The normalized spacial score (nSPS) is 10.5. The summed E-state index contributed by atoms with van der Waals surface area (Å²) in [6.07, 6.45) is 0. The minimum atomic E-state index is -0.467. The quantitative estimate of drug-likeness (QED) is 0.350. The van der Waals surface area contributed by atoms with Crippen molar-refractivity contribution in [2.75, 3.05) is 24.9 Å². The van der Waals surface area contributed by atoms with E-state index in [1.165, 1.54) is 30.6 Å². The third-order valence-electron chi connectivity index (χ3n) is 4.60. The molecular weight excluding hydrogens is 466 g/mol. The van der Waals surface area contributed by atoms with Crippen molar-refractivity contribution >= 4 is 46.4 Å². The monoisotopic (exact) mass is 483 g/mol. The van der Waals surface area contributed by atoms with E-state index in [1.54, 1.807) is 48.9 Å². The Balaban J connectivity index is 1.50. The molecule has 4 rings (SSSR count). The van der Waals surface area contributed by atoms with Crippen LogP contribution in [0.3, 0.4) is 0 Å². The first-order valence-corrected chi connectivity index (χ1v) is 10.8. The van der Waals surface area contributed by atoms with Crippen LogP contribution in [0.5, 0.6) is 11.5 Å². The van der Waals surface area contributed by atoms with E-state index in [2.05, 4.69) is 25.8 Å². The summed E-state index contributed by atoms with van der Waals surface area (Å²) in [5.74, 6) is 0.874. The Hall–Kier alpha value is -3.89. The average molecular weight is 484 g/mol. The van der Waals surface area contributed by atoms with E-state index in [4.69, 9.17) is 21.1 Å². The van der Waals surface area contributed by atoms with Crippen molar-refractivity contribution in [2.24, 2.45) is 0 Å². The highest BCUT2D eigenvalue weighted by Crippen LogP contribution is 2.31. The summed E-state index contributed by atoms with van der Waals surface area (Å²) in [5, 5.41) is 14.3. The van der Waals surface area contributed by atoms with E-state index < -0.39 is 5.91 Å². The van der Waals surface area contributed by atoms with Crippen LogP contribution in [0.15, 0.2) is 53.9 Å². The van der Waals surface area contributed by atoms with Gasteiger partial charge in [0.25, 0.3) is 11.8 Å². The number of methoxy groups -OCH3 is 2. The number of nitrogens with zero attached hydrogens (tertiary/aromatic N) is 2. The highest BCUT2D eigenvalue weighted by Gasteiger charge is 2.16. The Morgan fingerprint density at radius 1 is 1.03 bits per heavy atom. The third-order valence-corrected chi connectivity index (χ3v) is 5.79. The lowest BCUT2D eigenvalue weighted by atomic mass is 10.2. The van der Waals surface area contributed by atoms with E-state index in [0.29, 0.717) is 38.5 Å². The van der Waals surface area contributed by atoms with Crippen LogP contribution in [-0.2, 0) is 0 Å². The van der Waals surface area contributed by atoms with Gasteiger partial charge in [-0.1, -0.05) is 17.7 Å². The topological polar surface area (TPSA) is 118 Å². The number of aromatic nitrogens is 3. The molecule has 0 bridgehead atoms. The lowest BCUT2D eigenvalue weighted by Crippen LogP contribution is -2.15. The van der Waals surface area contributed by atoms with Gasteiger partial charge >= 0.3 is 0 Å². The second kappa shape index (κ2) is 9.72. The molecule has 3 N–H and O–H groups in total. The first-order valence-electron chi connectivity index (χ1n) is 9.59. The fraction of sp³-hybridized carbons (Fsp3) is 0.0909. The number of amides is 2. The van der Waals surface area contributed by atoms with Crippen molar-refractivity contribution in [3.8, 4) is 22.9 Å². The summed E-state index contributed by atoms with van der Waals surface area (Å²) in [6.45, 7) is 0. The van der Waals surface area contributed by atoms with Crippen molar-refractivity contribution < 1.29 is 19.1 Å². The molecule has 2 heterocycles. The van der Waals surface area contributed by atoms with Gasteiger partial charge in [0.2, 0.25) is 5.95 Å². The van der Waals surface area contributed by atoms with Gasteiger partial charge in [0, 0.05) is 11.6 Å². The summed E-state index contributed by atoms with van der Waals surface area (Å²) in [5.41, 5.74) is 1.24. The largest absolute Gasteiger partial charge is 0.497 e. The van der Waals surface area contributed by atoms with E-state index in [0.717, 1.165) is 0 Å². The zero-order valence-corrected chi connectivity index (χ0v) is 19.1. The van der Waals surface area contributed by atoms with Crippen molar-refractivity contribution in [2.45, 2.75) is 0 Å². The molecule has 9 nitrogen and oxygen atoms in total. The molecule has 11 heteroatoms. The van der Waals surface area contributed by atoms with Gasteiger partial charge in [0.15, 0.2) is 5.82 Å². The van der Waals surface area contributed by atoms with Crippen LogP contribution in [0.2, 0.25) is 5.02 Å². The summed E-state index contributed by atoms with van der Waals surface area (Å²) < 4.78 is 10.6. The first-order chi connectivity index (χ1) is 16.0. The molecule has 4 aromatic rings. The molecule has 0 aliphatic carbocycles. The lowest BCUT2D eigenvalue weighted by Gasteiger charge is -2.09. The maximum atomic E-state index is 12.7. The first kappa shape index (κ1) is 22.3. The zero-order chi connectivity index (χ0) is 23.4. The van der Waals surface area contributed by atoms with Gasteiger partial charge in [0.1, 0.15) is 11.5 Å². The second-order valence-electron chi connectivity index (χ2n) is 6.65. The maximum Gasteiger partial charge on any atom is 0.265 e. The van der Waals surface area contributed by atoms with Crippen LogP contribution in [0.25, 0.3) is 11.4 Å². The lowest BCUT2D eigenvalue weighted by molar-refractivity contribution is 0.101. The van der Waals surface area contributed by atoms with Crippen LogP contribution >= 0.6 is 22.9 Å². The molecule has 2 amide bonds. The van der Waals surface area contributed by atoms with Crippen molar-refractivity contribution in [1.82, 2.24) is 15.2 Å². The Morgan fingerprint density at radius 3 is 2.61 bits per heavy atom. The molecule has 0 radical (unpaired) electrons. The van der Waals surface area contributed by atoms with Crippen molar-refractivity contribution in [1.29, 1.82) is 0 Å². The third kappa shape index (κ3) is 4.97. The number of hydrogen-bond acceptors (Lipinski definition) is 7. The van der Waals surface area contributed by atoms with Gasteiger partial charge in [-0.05, 0) is 41.8 Å². The average Bonchev–Trinajstić information content (AvgIpc) is 3.52. The molecule has 0 aliphatic rings. The molecule has 0 atom stereocenters. The zero-order valence-electron chi connectivity index (χ0n) is 17.5. The molecular formula is C22H18ClN5O4S. The minimum absolute atomic E-state index is 0.0759. The van der Waals surface area contributed by atoms with E-state index in [1.807, 2.05) is 0 Å². The van der Waals surface area contributed by atoms with Gasteiger partial charge in [-0.3, -0.25) is 20.0 Å². The number of aromatic amines is 1.